The van der Waals surface area contributed by atoms with Crippen molar-refractivity contribution in [3.8, 4) is 0 Å². The standard InChI is InChI=1S/C16H22Cl2N2/c17-14-4-3-13(15(18)11-14)5-9-20-10-8-19-16(12-20)6-1-2-7-16/h3-4,11,19H,1-2,5-10,12H2. The van der Waals surface area contributed by atoms with Crippen molar-refractivity contribution in [3.63, 3.8) is 0 Å². The van der Waals surface area contributed by atoms with Crippen molar-refractivity contribution in [2.45, 2.75) is 37.6 Å². The third-order valence-corrected chi connectivity index (χ3v) is 5.31. The van der Waals surface area contributed by atoms with Crippen LogP contribution in [-0.4, -0.2) is 36.6 Å². The molecule has 0 aromatic heterocycles. The molecule has 1 aromatic carbocycles. The minimum Gasteiger partial charge on any atom is -0.309 e. The van der Waals surface area contributed by atoms with Gasteiger partial charge in [0.05, 0.1) is 0 Å². The summed E-state index contributed by atoms with van der Waals surface area (Å²) >= 11 is 12.2. The summed E-state index contributed by atoms with van der Waals surface area (Å²) < 4.78 is 0. The second-order valence-corrected chi connectivity index (χ2v) is 7.02. The molecular weight excluding hydrogens is 291 g/mol. The molecule has 1 aromatic rings. The first kappa shape index (κ1) is 14.6. The van der Waals surface area contributed by atoms with E-state index in [-0.39, 0.29) is 0 Å². The quantitative estimate of drug-likeness (QED) is 0.914. The van der Waals surface area contributed by atoms with Gasteiger partial charge in [0, 0.05) is 41.8 Å². The summed E-state index contributed by atoms with van der Waals surface area (Å²) in [5, 5.41) is 5.26. The zero-order chi connectivity index (χ0) is 14.0. The molecule has 0 atom stereocenters. The molecule has 2 nitrogen and oxygen atoms in total. The highest BCUT2D eigenvalue weighted by molar-refractivity contribution is 6.35. The Morgan fingerprint density at radius 2 is 2.00 bits per heavy atom. The molecule has 2 aliphatic rings. The Bertz CT molecular complexity index is 470. The minimum atomic E-state index is 0.405. The number of hydrogen-bond acceptors (Lipinski definition) is 2. The predicted octanol–water partition coefficient (Wildman–Crippen LogP) is 3.75. The molecule has 1 spiro atoms. The molecule has 1 aliphatic carbocycles. The Morgan fingerprint density at radius 1 is 1.20 bits per heavy atom. The lowest BCUT2D eigenvalue weighted by Crippen LogP contribution is -2.59. The Morgan fingerprint density at radius 3 is 2.75 bits per heavy atom. The summed E-state index contributed by atoms with van der Waals surface area (Å²) in [6, 6.07) is 5.83. The average molecular weight is 313 g/mol. The average Bonchev–Trinajstić information content (AvgIpc) is 2.86. The Kier molecular flexibility index (Phi) is 4.56. The van der Waals surface area contributed by atoms with Crippen molar-refractivity contribution >= 4 is 23.2 Å². The smallest absolute Gasteiger partial charge is 0.0453 e. The maximum absolute atomic E-state index is 6.25. The van der Waals surface area contributed by atoms with E-state index < -0.39 is 0 Å². The van der Waals surface area contributed by atoms with E-state index >= 15 is 0 Å². The van der Waals surface area contributed by atoms with Crippen LogP contribution in [0.5, 0.6) is 0 Å². The van der Waals surface area contributed by atoms with E-state index in [2.05, 4.69) is 16.3 Å². The molecule has 0 amide bonds. The van der Waals surface area contributed by atoms with Crippen LogP contribution in [0.3, 0.4) is 0 Å². The summed E-state index contributed by atoms with van der Waals surface area (Å²) in [6.45, 7) is 4.55. The molecule has 0 bridgehead atoms. The molecule has 1 N–H and O–H groups in total. The summed E-state index contributed by atoms with van der Waals surface area (Å²) in [4.78, 5) is 2.59. The SMILES string of the molecule is Clc1ccc(CCN2CCNC3(CCCC3)C2)c(Cl)c1. The van der Waals surface area contributed by atoms with Gasteiger partial charge in [-0.1, -0.05) is 42.1 Å². The first-order valence-electron chi connectivity index (χ1n) is 7.58. The van der Waals surface area contributed by atoms with Crippen molar-refractivity contribution in [1.82, 2.24) is 10.2 Å². The number of nitrogens with zero attached hydrogens (tertiary/aromatic N) is 1. The third-order valence-electron chi connectivity index (χ3n) is 4.73. The van der Waals surface area contributed by atoms with Crippen LogP contribution in [0.15, 0.2) is 18.2 Å². The lowest BCUT2D eigenvalue weighted by molar-refractivity contribution is 0.136. The van der Waals surface area contributed by atoms with E-state index in [1.165, 1.54) is 37.8 Å². The molecule has 1 aliphatic heterocycles. The number of rotatable bonds is 3. The normalized spacial score (nSPS) is 22.5. The summed E-state index contributed by atoms with van der Waals surface area (Å²) in [5.74, 6) is 0. The summed E-state index contributed by atoms with van der Waals surface area (Å²) in [5.41, 5.74) is 1.61. The largest absolute Gasteiger partial charge is 0.309 e. The zero-order valence-corrected chi connectivity index (χ0v) is 13.3. The van der Waals surface area contributed by atoms with Gasteiger partial charge in [-0.25, -0.2) is 0 Å². The molecular formula is C16H22Cl2N2. The molecule has 0 unspecified atom stereocenters. The summed E-state index contributed by atoms with van der Waals surface area (Å²) in [7, 11) is 0. The second-order valence-electron chi connectivity index (χ2n) is 6.18. The maximum Gasteiger partial charge on any atom is 0.0453 e. The molecule has 2 fully saturated rings. The van der Waals surface area contributed by atoms with Crippen LogP contribution >= 0.6 is 23.2 Å². The summed E-state index contributed by atoms with van der Waals surface area (Å²) in [6.07, 6.45) is 6.44. The van der Waals surface area contributed by atoms with E-state index in [0.29, 0.717) is 10.6 Å². The fourth-order valence-electron chi connectivity index (χ4n) is 3.62. The van der Waals surface area contributed by atoms with E-state index in [4.69, 9.17) is 23.2 Å². The van der Waals surface area contributed by atoms with Crippen LogP contribution in [0.1, 0.15) is 31.2 Å². The highest BCUT2D eigenvalue weighted by atomic mass is 35.5. The fraction of sp³-hybridized carbons (Fsp3) is 0.625. The maximum atomic E-state index is 6.25. The van der Waals surface area contributed by atoms with Crippen molar-refractivity contribution in [3.05, 3.63) is 33.8 Å². The van der Waals surface area contributed by atoms with Gasteiger partial charge in [-0.15, -0.1) is 0 Å². The number of piperazine rings is 1. The second kappa shape index (κ2) is 6.23. The van der Waals surface area contributed by atoms with Gasteiger partial charge in [-0.3, -0.25) is 4.90 Å². The van der Waals surface area contributed by atoms with Gasteiger partial charge in [-0.05, 0) is 37.0 Å². The first-order valence-corrected chi connectivity index (χ1v) is 8.34. The molecule has 1 saturated carbocycles. The Labute approximate surface area is 131 Å². The van der Waals surface area contributed by atoms with E-state index in [1.54, 1.807) is 0 Å². The zero-order valence-electron chi connectivity index (χ0n) is 11.8. The van der Waals surface area contributed by atoms with Crippen LogP contribution in [0, 0.1) is 0 Å². The van der Waals surface area contributed by atoms with E-state index in [1.807, 2.05) is 12.1 Å². The van der Waals surface area contributed by atoms with Gasteiger partial charge in [0.2, 0.25) is 0 Å². The molecule has 110 valence electrons. The molecule has 0 radical (unpaired) electrons. The Balaban J connectivity index is 1.58. The number of halogens is 2. The van der Waals surface area contributed by atoms with Gasteiger partial charge in [0.25, 0.3) is 0 Å². The van der Waals surface area contributed by atoms with Crippen molar-refractivity contribution in [2.24, 2.45) is 0 Å². The monoisotopic (exact) mass is 312 g/mol. The van der Waals surface area contributed by atoms with Crippen molar-refractivity contribution in [1.29, 1.82) is 0 Å². The molecule has 1 saturated heterocycles. The van der Waals surface area contributed by atoms with Crippen LogP contribution in [0.2, 0.25) is 10.0 Å². The minimum absolute atomic E-state index is 0.405. The predicted molar refractivity (Wildman–Crippen MR) is 85.8 cm³/mol. The van der Waals surface area contributed by atoms with Gasteiger partial charge in [0.15, 0.2) is 0 Å². The molecule has 20 heavy (non-hydrogen) atoms. The van der Waals surface area contributed by atoms with Crippen molar-refractivity contribution < 1.29 is 0 Å². The van der Waals surface area contributed by atoms with Crippen molar-refractivity contribution in [2.75, 3.05) is 26.2 Å². The number of nitrogens with one attached hydrogen (secondary N) is 1. The van der Waals surface area contributed by atoms with Gasteiger partial charge >= 0.3 is 0 Å². The highest BCUT2D eigenvalue weighted by Gasteiger charge is 2.37. The lowest BCUT2D eigenvalue weighted by atomic mass is 9.94. The van der Waals surface area contributed by atoms with Crippen LogP contribution in [0.4, 0.5) is 0 Å². The van der Waals surface area contributed by atoms with Crippen LogP contribution < -0.4 is 5.32 Å². The molecule has 1 heterocycles. The topological polar surface area (TPSA) is 15.3 Å². The number of benzene rings is 1. The van der Waals surface area contributed by atoms with Crippen LogP contribution in [-0.2, 0) is 6.42 Å². The highest BCUT2D eigenvalue weighted by Crippen LogP contribution is 2.32. The number of hydrogen-bond donors (Lipinski definition) is 1. The third kappa shape index (κ3) is 3.30. The van der Waals surface area contributed by atoms with Gasteiger partial charge in [-0.2, -0.15) is 0 Å². The molecule has 4 heteroatoms. The molecule has 3 rings (SSSR count). The van der Waals surface area contributed by atoms with E-state index in [0.717, 1.165) is 31.1 Å². The fourth-order valence-corrected chi connectivity index (χ4v) is 4.13. The lowest BCUT2D eigenvalue weighted by Gasteiger charge is -2.41. The van der Waals surface area contributed by atoms with Gasteiger partial charge in [0.1, 0.15) is 0 Å². The van der Waals surface area contributed by atoms with Gasteiger partial charge < -0.3 is 5.32 Å². The first-order chi connectivity index (χ1) is 9.67. The van der Waals surface area contributed by atoms with Crippen LogP contribution in [0.25, 0.3) is 0 Å². The van der Waals surface area contributed by atoms with E-state index in [9.17, 15) is 0 Å². The Hall–Kier alpha value is -0.280.